The zero-order valence-electron chi connectivity index (χ0n) is 11.2. The second-order valence-corrected chi connectivity index (χ2v) is 5.19. The summed E-state index contributed by atoms with van der Waals surface area (Å²) < 4.78 is 5.01. The summed E-state index contributed by atoms with van der Waals surface area (Å²) in [4.78, 5) is 26.9. The second kappa shape index (κ2) is 6.19. The van der Waals surface area contributed by atoms with Gasteiger partial charge in [0.1, 0.15) is 11.6 Å². The first-order chi connectivity index (χ1) is 10.0. The number of rotatable bonds is 4. The molecule has 1 aromatic heterocycles. The van der Waals surface area contributed by atoms with Crippen LogP contribution >= 0.6 is 11.3 Å². The molecule has 7 heteroatoms. The van der Waals surface area contributed by atoms with Crippen molar-refractivity contribution in [3.63, 3.8) is 0 Å². The molecule has 0 saturated carbocycles. The van der Waals surface area contributed by atoms with Gasteiger partial charge >= 0.3 is 0 Å². The molecular formula is C14H13N3O3S. The normalized spacial score (nSPS) is 11.2. The number of carbonyl (C=O) groups is 2. The Labute approximate surface area is 125 Å². The molecule has 108 valence electrons. The number of ether oxygens (including phenoxy) is 1. The number of nitrogen functional groups attached to an aromatic ring is 1. The van der Waals surface area contributed by atoms with Gasteiger partial charge in [0.2, 0.25) is 0 Å². The monoisotopic (exact) mass is 303 g/mol. The van der Waals surface area contributed by atoms with Gasteiger partial charge in [-0.05, 0) is 30.3 Å². The lowest BCUT2D eigenvalue weighted by Gasteiger charge is -2.01. The maximum Gasteiger partial charge on any atom is 0.278 e. The summed E-state index contributed by atoms with van der Waals surface area (Å²) in [5.41, 5.74) is 12.3. The summed E-state index contributed by atoms with van der Waals surface area (Å²) in [6.45, 7) is 0. The molecule has 2 rings (SSSR count). The first-order valence-corrected chi connectivity index (χ1v) is 6.74. The lowest BCUT2D eigenvalue weighted by atomic mass is 10.2. The number of anilines is 1. The van der Waals surface area contributed by atoms with Crippen molar-refractivity contribution in [2.24, 2.45) is 10.7 Å². The number of aliphatic imine (C=N–C) groups is 1. The van der Waals surface area contributed by atoms with E-state index in [4.69, 9.17) is 16.2 Å². The molecule has 1 aromatic carbocycles. The lowest BCUT2D eigenvalue weighted by Crippen LogP contribution is -2.16. The van der Waals surface area contributed by atoms with E-state index in [0.29, 0.717) is 33.0 Å². The van der Waals surface area contributed by atoms with Gasteiger partial charge in [-0.2, -0.15) is 4.99 Å². The van der Waals surface area contributed by atoms with Gasteiger partial charge in [-0.25, -0.2) is 0 Å². The van der Waals surface area contributed by atoms with E-state index in [1.165, 1.54) is 13.2 Å². The van der Waals surface area contributed by atoms with Crippen LogP contribution in [0.25, 0.3) is 0 Å². The standard InChI is InChI=1S/C14H13N3O3S/c1-20-9-4-2-8(3-5-9)14(19)17-12(15)11-6-10(7-18)21-13(11)16/h2-7H,16H2,1H3,(H2,15,17,19). The van der Waals surface area contributed by atoms with Gasteiger partial charge in [-0.3, -0.25) is 9.59 Å². The van der Waals surface area contributed by atoms with Crippen LogP contribution in [-0.2, 0) is 0 Å². The average Bonchev–Trinajstić information content (AvgIpc) is 2.88. The van der Waals surface area contributed by atoms with Gasteiger partial charge in [0, 0.05) is 5.56 Å². The molecule has 1 heterocycles. The molecule has 0 unspecified atom stereocenters. The maximum absolute atomic E-state index is 12.0. The Bertz CT molecular complexity index is 705. The van der Waals surface area contributed by atoms with Crippen LogP contribution in [0.3, 0.4) is 0 Å². The van der Waals surface area contributed by atoms with Crippen LogP contribution in [0.4, 0.5) is 5.00 Å². The van der Waals surface area contributed by atoms with E-state index < -0.39 is 5.91 Å². The fraction of sp³-hybridized carbons (Fsp3) is 0.0714. The Morgan fingerprint density at radius 3 is 2.52 bits per heavy atom. The maximum atomic E-state index is 12.0. The van der Waals surface area contributed by atoms with Crippen molar-refractivity contribution in [2.75, 3.05) is 12.8 Å². The first kappa shape index (κ1) is 14.7. The van der Waals surface area contributed by atoms with E-state index in [1.54, 1.807) is 24.3 Å². The van der Waals surface area contributed by atoms with Crippen molar-refractivity contribution in [1.82, 2.24) is 0 Å². The van der Waals surface area contributed by atoms with Crippen molar-refractivity contribution < 1.29 is 14.3 Å². The van der Waals surface area contributed by atoms with E-state index in [0.717, 1.165) is 11.3 Å². The van der Waals surface area contributed by atoms with Crippen molar-refractivity contribution in [3.8, 4) is 5.75 Å². The molecule has 1 amide bonds. The van der Waals surface area contributed by atoms with E-state index >= 15 is 0 Å². The number of hydrogen-bond donors (Lipinski definition) is 2. The third kappa shape index (κ3) is 3.26. The number of nitrogens with zero attached hydrogens (tertiary/aromatic N) is 1. The van der Waals surface area contributed by atoms with Crippen LogP contribution in [0.2, 0.25) is 0 Å². The van der Waals surface area contributed by atoms with Gasteiger partial charge in [-0.15, -0.1) is 11.3 Å². The third-order valence-electron chi connectivity index (χ3n) is 2.73. The van der Waals surface area contributed by atoms with Crippen LogP contribution in [0.5, 0.6) is 5.75 Å². The largest absolute Gasteiger partial charge is 0.497 e. The first-order valence-electron chi connectivity index (χ1n) is 5.92. The van der Waals surface area contributed by atoms with E-state index in [9.17, 15) is 9.59 Å². The summed E-state index contributed by atoms with van der Waals surface area (Å²) >= 11 is 1.09. The number of aldehydes is 1. The van der Waals surface area contributed by atoms with Crippen molar-refractivity contribution in [2.45, 2.75) is 0 Å². The smallest absolute Gasteiger partial charge is 0.278 e. The number of nitrogens with two attached hydrogens (primary N) is 2. The topological polar surface area (TPSA) is 108 Å². The van der Waals surface area contributed by atoms with Crippen LogP contribution < -0.4 is 16.2 Å². The molecule has 0 atom stereocenters. The van der Waals surface area contributed by atoms with Crippen LogP contribution in [0.15, 0.2) is 35.3 Å². The number of benzene rings is 1. The predicted octanol–water partition coefficient (Wildman–Crippen LogP) is 1.70. The number of thiophene rings is 1. The number of carbonyl (C=O) groups excluding carboxylic acids is 2. The minimum absolute atomic E-state index is 0.0160. The van der Waals surface area contributed by atoms with Crippen LogP contribution in [0.1, 0.15) is 25.6 Å². The fourth-order valence-electron chi connectivity index (χ4n) is 1.65. The van der Waals surface area contributed by atoms with Gasteiger partial charge in [0.25, 0.3) is 5.91 Å². The SMILES string of the molecule is COc1ccc(C(=O)N=C(N)c2cc(C=O)sc2N)cc1. The van der Waals surface area contributed by atoms with Gasteiger partial charge in [-0.1, -0.05) is 0 Å². The molecule has 0 radical (unpaired) electrons. The highest BCUT2D eigenvalue weighted by Gasteiger charge is 2.12. The summed E-state index contributed by atoms with van der Waals surface area (Å²) in [6.07, 6.45) is 0.670. The van der Waals surface area contributed by atoms with Crippen molar-refractivity contribution >= 4 is 34.4 Å². The molecule has 0 aliphatic carbocycles. The lowest BCUT2D eigenvalue weighted by molar-refractivity contribution is 0.100. The molecule has 0 fully saturated rings. The summed E-state index contributed by atoms with van der Waals surface area (Å²) in [7, 11) is 1.54. The number of amides is 1. The summed E-state index contributed by atoms with van der Waals surface area (Å²) in [5.74, 6) is 0.132. The third-order valence-corrected chi connectivity index (χ3v) is 3.62. The van der Waals surface area contributed by atoms with Gasteiger partial charge in [0.05, 0.1) is 22.6 Å². The Kier molecular flexibility index (Phi) is 4.34. The molecule has 0 spiro atoms. The highest BCUT2D eigenvalue weighted by Crippen LogP contribution is 2.23. The second-order valence-electron chi connectivity index (χ2n) is 4.08. The molecule has 0 bridgehead atoms. The highest BCUT2D eigenvalue weighted by atomic mass is 32.1. The number of amidine groups is 1. The number of hydrogen-bond acceptors (Lipinski definition) is 5. The predicted molar refractivity (Wildman–Crippen MR) is 82.2 cm³/mol. The Hall–Kier alpha value is -2.67. The van der Waals surface area contributed by atoms with E-state index in [2.05, 4.69) is 4.99 Å². The Morgan fingerprint density at radius 1 is 1.33 bits per heavy atom. The molecule has 0 aliphatic heterocycles. The Balaban J connectivity index is 2.26. The number of methoxy groups -OCH3 is 1. The van der Waals surface area contributed by atoms with Crippen LogP contribution in [0, 0.1) is 0 Å². The Morgan fingerprint density at radius 2 is 2.00 bits per heavy atom. The molecule has 2 aromatic rings. The average molecular weight is 303 g/mol. The summed E-state index contributed by atoms with van der Waals surface area (Å²) in [6, 6.07) is 8.00. The van der Waals surface area contributed by atoms with Gasteiger partial charge < -0.3 is 16.2 Å². The summed E-state index contributed by atoms with van der Waals surface area (Å²) in [5, 5.41) is 0.348. The van der Waals surface area contributed by atoms with Crippen LogP contribution in [-0.4, -0.2) is 25.1 Å². The molecule has 21 heavy (non-hydrogen) atoms. The zero-order chi connectivity index (χ0) is 15.4. The zero-order valence-corrected chi connectivity index (χ0v) is 12.0. The van der Waals surface area contributed by atoms with Crippen molar-refractivity contribution in [3.05, 3.63) is 46.3 Å². The molecule has 4 N–H and O–H groups in total. The fourth-order valence-corrected chi connectivity index (χ4v) is 2.40. The quantitative estimate of drug-likeness (QED) is 0.507. The minimum Gasteiger partial charge on any atom is -0.497 e. The molecular weight excluding hydrogens is 290 g/mol. The van der Waals surface area contributed by atoms with Crippen molar-refractivity contribution in [1.29, 1.82) is 0 Å². The highest BCUT2D eigenvalue weighted by molar-refractivity contribution is 7.17. The van der Waals surface area contributed by atoms with E-state index in [-0.39, 0.29) is 5.84 Å². The van der Waals surface area contributed by atoms with E-state index in [1.807, 2.05) is 0 Å². The van der Waals surface area contributed by atoms with Gasteiger partial charge in [0.15, 0.2) is 6.29 Å². The molecule has 0 aliphatic rings. The minimum atomic E-state index is -0.492. The molecule has 6 nitrogen and oxygen atoms in total. The molecule has 0 saturated heterocycles.